The van der Waals surface area contributed by atoms with Gasteiger partial charge in [0.05, 0.1) is 12.1 Å². The van der Waals surface area contributed by atoms with E-state index in [9.17, 15) is 0 Å². The first-order valence-corrected chi connectivity index (χ1v) is 7.56. The van der Waals surface area contributed by atoms with E-state index in [0.29, 0.717) is 24.9 Å². The van der Waals surface area contributed by atoms with Crippen molar-refractivity contribution < 1.29 is 14.0 Å². The fourth-order valence-corrected chi connectivity index (χ4v) is 2.71. The van der Waals surface area contributed by atoms with Crippen molar-refractivity contribution in [3.05, 3.63) is 30.1 Å². The van der Waals surface area contributed by atoms with Gasteiger partial charge in [-0.05, 0) is 37.1 Å². The number of nitrogens with zero attached hydrogens (tertiary/aromatic N) is 2. The summed E-state index contributed by atoms with van der Waals surface area (Å²) in [5, 5.41) is 4.07. The Hall–Kier alpha value is -1.92. The van der Waals surface area contributed by atoms with E-state index in [1.807, 2.05) is 24.3 Å². The molecule has 1 heterocycles. The fourth-order valence-electron chi connectivity index (χ4n) is 2.71. The zero-order valence-corrected chi connectivity index (χ0v) is 12.7. The summed E-state index contributed by atoms with van der Waals surface area (Å²) in [6.07, 6.45) is 4.07. The van der Waals surface area contributed by atoms with Crippen LogP contribution in [0.4, 0.5) is 0 Å². The largest absolute Gasteiger partial charge is 0.491 e. The molecule has 6 heteroatoms. The summed E-state index contributed by atoms with van der Waals surface area (Å²) in [5.41, 5.74) is 6.78. The van der Waals surface area contributed by atoms with Gasteiger partial charge in [-0.3, -0.25) is 0 Å². The molecule has 1 fully saturated rings. The zero-order chi connectivity index (χ0) is 15.4. The van der Waals surface area contributed by atoms with Crippen LogP contribution in [-0.2, 0) is 10.3 Å². The minimum Gasteiger partial charge on any atom is -0.491 e. The Morgan fingerprint density at radius 1 is 1.18 bits per heavy atom. The highest BCUT2D eigenvalue weighted by molar-refractivity contribution is 5.54. The van der Waals surface area contributed by atoms with Crippen molar-refractivity contribution >= 4 is 0 Å². The van der Waals surface area contributed by atoms with Gasteiger partial charge in [-0.2, -0.15) is 4.98 Å². The van der Waals surface area contributed by atoms with Gasteiger partial charge in [0.2, 0.25) is 0 Å². The molecular weight excluding hydrogens is 282 g/mol. The third-order valence-electron chi connectivity index (χ3n) is 4.02. The van der Waals surface area contributed by atoms with Crippen LogP contribution in [0.5, 0.6) is 5.75 Å². The van der Waals surface area contributed by atoms with Gasteiger partial charge in [-0.25, -0.2) is 0 Å². The van der Waals surface area contributed by atoms with Gasteiger partial charge < -0.3 is 19.7 Å². The molecule has 2 aromatic rings. The molecule has 2 N–H and O–H groups in total. The van der Waals surface area contributed by atoms with Crippen molar-refractivity contribution in [2.75, 3.05) is 20.3 Å². The Morgan fingerprint density at radius 2 is 1.91 bits per heavy atom. The maximum atomic E-state index is 6.35. The lowest BCUT2D eigenvalue weighted by atomic mass is 9.99. The number of benzene rings is 1. The van der Waals surface area contributed by atoms with E-state index in [0.717, 1.165) is 37.0 Å². The van der Waals surface area contributed by atoms with E-state index in [4.69, 9.17) is 19.7 Å². The van der Waals surface area contributed by atoms with Crippen LogP contribution in [-0.4, -0.2) is 30.5 Å². The Morgan fingerprint density at radius 3 is 2.59 bits per heavy atom. The van der Waals surface area contributed by atoms with Crippen LogP contribution in [0.1, 0.15) is 31.5 Å². The average Bonchev–Trinajstić information content (AvgIpc) is 3.18. The molecule has 0 saturated heterocycles. The van der Waals surface area contributed by atoms with E-state index in [1.54, 1.807) is 7.11 Å². The van der Waals surface area contributed by atoms with Gasteiger partial charge in [0.25, 0.3) is 5.89 Å². The van der Waals surface area contributed by atoms with Crippen molar-refractivity contribution in [1.82, 2.24) is 10.1 Å². The molecule has 3 rings (SSSR count). The lowest BCUT2D eigenvalue weighted by Crippen LogP contribution is -2.34. The molecule has 1 aromatic carbocycles. The Balaban J connectivity index is 1.70. The molecule has 0 unspecified atom stereocenters. The molecule has 0 aliphatic heterocycles. The van der Waals surface area contributed by atoms with E-state index in [-0.39, 0.29) is 0 Å². The lowest BCUT2D eigenvalue weighted by molar-refractivity contribution is 0.146. The Labute approximate surface area is 129 Å². The number of nitrogens with two attached hydrogens (primary N) is 1. The third kappa shape index (κ3) is 3.13. The maximum absolute atomic E-state index is 6.35. The quantitative estimate of drug-likeness (QED) is 0.825. The second kappa shape index (κ2) is 6.46. The summed E-state index contributed by atoms with van der Waals surface area (Å²) >= 11 is 0. The van der Waals surface area contributed by atoms with Gasteiger partial charge in [-0.1, -0.05) is 18.0 Å². The molecule has 0 spiro atoms. The number of methoxy groups -OCH3 is 1. The number of hydrogen-bond donors (Lipinski definition) is 1. The highest BCUT2D eigenvalue weighted by atomic mass is 16.5. The highest BCUT2D eigenvalue weighted by Crippen LogP contribution is 2.35. The number of ether oxygens (including phenoxy) is 2. The van der Waals surface area contributed by atoms with Crippen molar-refractivity contribution in [1.29, 1.82) is 0 Å². The van der Waals surface area contributed by atoms with Crippen LogP contribution in [0.25, 0.3) is 11.5 Å². The van der Waals surface area contributed by atoms with Crippen molar-refractivity contribution in [3.8, 4) is 17.2 Å². The predicted molar refractivity (Wildman–Crippen MR) is 81.4 cm³/mol. The van der Waals surface area contributed by atoms with Crippen LogP contribution in [0, 0.1) is 0 Å². The lowest BCUT2D eigenvalue weighted by Gasteiger charge is -2.17. The smallest absolute Gasteiger partial charge is 0.257 e. The van der Waals surface area contributed by atoms with Gasteiger partial charge in [-0.15, -0.1) is 0 Å². The minimum absolute atomic E-state index is 0.426. The minimum atomic E-state index is -0.426. The summed E-state index contributed by atoms with van der Waals surface area (Å²) in [6, 6.07) is 7.56. The molecule has 118 valence electrons. The van der Waals surface area contributed by atoms with Crippen LogP contribution in [0.2, 0.25) is 0 Å². The first-order valence-electron chi connectivity index (χ1n) is 7.56. The van der Waals surface area contributed by atoms with Crippen LogP contribution < -0.4 is 10.5 Å². The molecule has 0 bridgehead atoms. The predicted octanol–water partition coefficient (Wildman–Crippen LogP) is 2.49. The standard InChI is InChI=1S/C16H21N3O3/c1-20-10-11-21-13-6-4-12(5-7-13)14-18-15(19-22-14)16(17)8-2-3-9-16/h4-7H,2-3,8-11,17H2,1H3. The molecule has 0 amide bonds. The van der Waals surface area contributed by atoms with E-state index >= 15 is 0 Å². The van der Waals surface area contributed by atoms with E-state index in [1.165, 1.54) is 0 Å². The number of hydrogen-bond acceptors (Lipinski definition) is 6. The summed E-state index contributed by atoms with van der Waals surface area (Å²) in [5.74, 6) is 1.89. The van der Waals surface area contributed by atoms with Crippen molar-refractivity contribution in [2.45, 2.75) is 31.2 Å². The SMILES string of the molecule is COCCOc1ccc(-c2nc(C3(N)CCCC3)no2)cc1. The molecule has 0 atom stereocenters. The monoisotopic (exact) mass is 303 g/mol. The van der Waals surface area contributed by atoms with Crippen LogP contribution in [0.15, 0.2) is 28.8 Å². The average molecular weight is 303 g/mol. The second-order valence-electron chi connectivity index (χ2n) is 5.65. The second-order valence-corrected chi connectivity index (χ2v) is 5.65. The van der Waals surface area contributed by atoms with Gasteiger partial charge >= 0.3 is 0 Å². The number of aromatic nitrogens is 2. The van der Waals surface area contributed by atoms with E-state index < -0.39 is 5.54 Å². The molecule has 1 aromatic heterocycles. The molecular formula is C16H21N3O3. The summed E-state index contributed by atoms with van der Waals surface area (Å²) < 4.78 is 15.8. The topological polar surface area (TPSA) is 83.4 Å². The highest BCUT2D eigenvalue weighted by Gasteiger charge is 2.36. The van der Waals surface area contributed by atoms with Crippen molar-refractivity contribution in [2.24, 2.45) is 5.73 Å². The number of rotatable bonds is 6. The molecule has 1 aliphatic carbocycles. The normalized spacial score (nSPS) is 16.8. The molecule has 1 saturated carbocycles. The molecule has 0 radical (unpaired) electrons. The molecule has 1 aliphatic rings. The van der Waals surface area contributed by atoms with Gasteiger partial charge in [0.15, 0.2) is 5.82 Å². The summed E-state index contributed by atoms with van der Waals surface area (Å²) in [4.78, 5) is 4.48. The zero-order valence-electron chi connectivity index (χ0n) is 12.7. The third-order valence-corrected chi connectivity index (χ3v) is 4.02. The first kappa shape index (κ1) is 15.0. The Bertz CT molecular complexity index is 603. The van der Waals surface area contributed by atoms with E-state index in [2.05, 4.69) is 10.1 Å². The summed E-state index contributed by atoms with van der Waals surface area (Å²) in [7, 11) is 1.65. The Kier molecular flexibility index (Phi) is 4.40. The van der Waals surface area contributed by atoms with Gasteiger partial charge in [0, 0.05) is 12.7 Å². The molecule has 6 nitrogen and oxygen atoms in total. The fraction of sp³-hybridized carbons (Fsp3) is 0.500. The maximum Gasteiger partial charge on any atom is 0.257 e. The molecule has 22 heavy (non-hydrogen) atoms. The van der Waals surface area contributed by atoms with Crippen LogP contribution >= 0.6 is 0 Å². The van der Waals surface area contributed by atoms with Crippen molar-refractivity contribution in [3.63, 3.8) is 0 Å². The van der Waals surface area contributed by atoms with Gasteiger partial charge in [0.1, 0.15) is 12.4 Å². The first-order chi connectivity index (χ1) is 10.7. The summed E-state index contributed by atoms with van der Waals surface area (Å²) in [6.45, 7) is 1.09. The van der Waals surface area contributed by atoms with Crippen LogP contribution in [0.3, 0.4) is 0 Å².